The number of anilines is 1. The highest BCUT2D eigenvalue weighted by molar-refractivity contribution is 5.79. The van der Waals surface area contributed by atoms with Gasteiger partial charge in [-0.15, -0.1) is 0 Å². The third kappa shape index (κ3) is 7.48. The number of benzene rings is 1. The van der Waals surface area contributed by atoms with Gasteiger partial charge in [-0.05, 0) is 37.0 Å². The molecule has 0 bridgehead atoms. The van der Waals surface area contributed by atoms with E-state index in [1.165, 1.54) is 11.3 Å². The topological polar surface area (TPSA) is 48.9 Å². The van der Waals surface area contributed by atoms with Crippen LogP contribution in [0.3, 0.4) is 0 Å². The Balaban J connectivity index is 1.74. The van der Waals surface area contributed by atoms with E-state index in [9.17, 15) is 0 Å². The van der Waals surface area contributed by atoms with Gasteiger partial charge in [0.2, 0.25) is 0 Å². The molecule has 2 rings (SSSR count). The van der Waals surface area contributed by atoms with Gasteiger partial charge in [-0.25, -0.2) is 4.99 Å². The van der Waals surface area contributed by atoms with Crippen LogP contribution in [0, 0.1) is 5.92 Å². The molecule has 5 heteroatoms. The average Bonchev–Trinajstić information content (AvgIpc) is 3.17. The van der Waals surface area contributed by atoms with E-state index < -0.39 is 0 Å². The quantitative estimate of drug-likeness (QED) is 0.292. The number of rotatable bonds is 10. The van der Waals surface area contributed by atoms with E-state index in [0.717, 1.165) is 51.8 Å². The lowest BCUT2D eigenvalue weighted by atomic mass is 10.2. The second-order valence-electron chi connectivity index (χ2n) is 6.99. The first-order valence-electron chi connectivity index (χ1n) is 9.78. The SMILES string of the molecule is CCNC(=NCc1ccc(N2CC=CC2)cc1)NCCCOCC(C)C. The van der Waals surface area contributed by atoms with E-state index >= 15 is 0 Å². The van der Waals surface area contributed by atoms with Crippen LogP contribution in [0.1, 0.15) is 32.8 Å². The third-order valence-electron chi connectivity index (χ3n) is 4.09. The predicted octanol–water partition coefficient (Wildman–Crippen LogP) is 3.18. The summed E-state index contributed by atoms with van der Waals surface area (Å²) < 4.78 is 5.61. The van der Waals surface area contributed by atoms with E-state index in [1.807, 2.05) is 0 Å². The van der Waals surface area contributed by atoms with Gasteiger partial charge >= 0.3 is 0 Å². The molecule has 2 N–H and O–H groups in total. The minimum atomic E-state index is 0.593. The van der Waals surface area contributed by atoms with Crippen molar-refractivity contribution >= 4 is 11.6 Å². The number of nitrogens with one attached hydrogen (secondary N) is 2. The molecule has 0 spiro atoms. The Morgan fingerprint density at radius 2 is 1.88 bits per heavy atom. The fourth-order valence-electron chi connectivity index (χ4n) is 2.71. The van der Waals surface area contributed by atoms with Crippen LogP contribution in [0.5, 0.6) is 0 Å². The number of ether oxygens (including phenoxy) is 1. The van der Waals surface area contributed by atoms with Crippen LogP contribution < -0.4 is 15.5 Å². The lowest BCUT2D eigenvalue weighted by Gasteiger charge is -2.17. The number of nitrogens with zero attached hydrogens (tertiary/aromatic N) is 2. The Morgan fingerprint density at radius 3 is 2.54 bits per heavy atom. The van der Waals surface area contributed by atoms with Crippen molar-refractivity contribution in [3.8, 4) is 0 Å². The molecule has 0 aliphatic carbocycles. The van der Waals surface area contributed by atoms with Crippen LogP contribution in [0.2, 0.25) is 0 Å². The maximum atomic E-state index is 5.61. The van der Waals surface area contributed by atoms with Gasteiger partial charge in [0, 0.05) is 45.1 Å². The highest BCUT2D eigenvalue weighted by atomic mass is 16.5. The van der Waals surface area contributed by atoms with Gasteiger partial charge in [-0.3, -0.25) is 0 Å². The van der Waals surface area contributed by atoms with E-state index in [1.54, 1.807) is 0 Å². The van der Waals surface area contributed by atoms with Crippen molar-refractivity contribution in [2.24, 2.45) is 10.9 Å². The minimum absolute atomic E-state index is 0.593. The van der Waals surface area contributed by atoms with Gasteiger partial charge in [0.1, 0.15) is 0 Å². The Labute approximate surface area is 158 Å². The fraction of sp³-hybridized carbons (Fsp3) is 0.571. The summed E-state index contributed by atoms with van der Waals surface area (Å²) in [7, 11) is 0. The van der Waals surface area contributed by atoms with Crippen molar-refractivity contribution < 1.29 is 4.74 Å². The molecule has 0 atom stereocenters. The zero-order chi connectivity index (χ0) is 18.6. The molecule has 0 saturated heterocycles. The molecule has 1 aromatic carbocycles. The summed E-state index contributed by atoms with van der Waals surface area (Å²) in [6.07, 6.45) is 5.40. The van der Waals surface area contributed by atoms with Crippen LogP contribution in [0.15, 0.2) is 41.4 Å². The molecule has 0 saturated carbocycles. The number of hydrogen-bond donors (Lipinski definition) is 2. The molecule has 0 radical (unpaired) electrons. The lowest BCUT2D eigenvalue weighted by molar-refractivity contribution is 0.108. The van der Waals surface area contributed by atoms with E-state index in [2.05, 4.69) is 77.7 Å². The zero-order valence-corrected chi connectivity index (χ0v) is 16.5. The minimum Gasteiger partial charge on any atom is -0.381 e. The standard InChI is InChI=1S/C21H34N4O/c1-4-22-21(23-12-7-15-26-17-18(2)3)24-16-19-8-10-20(11-9-19)25-13-5-6-14-25/h5-6,8-11,18H,4,7,12-17H2,1-3H3,(H2,22,23,24). The summed E-state index contributed by atoms with van der Waals surface area (Å²) in [4.78, 5) is 7.03. The summed E-state index contributed by atoms with van der Waals surface area (Å²) >= 11 is 0. The summed E-state index contributed by atoms with van der Waals surface area (Å²) in [5.41, 5.74) is 2.49. The van der Waals surface area contributed by atoms with Crippen molar-refractivity contribution in [2.45, 2.75) is 33.7 Å². The lowest BCUT2D eigenvalue weighted by Crippen LogP contribution is -2.38. The first-order chi connectivity index (χ1) is 12.7. The van der Waals surface area contributed by atoms with Crippen molar-refractivity contribution in [3.05, 3.63) is 42.0 Å². The Bertz CT molecular complexity index is 558. The van der Waals surface area contributed by atoms with Crippen molar-refractivity contribution in [1.82, 2.24) is 10.6 Å². The van der Waals surface area contributed by atoms with Crippen molar-refractivity contribution in [1.29, 1.82) is 0 Å². The first-order valence-corrected chi connectivity index (χ1v) is 9.78. The molecule has 0 fully saturated rings. The van der Waals surface area contributed by atoms with Crippen LogP contribution >= 0.6 is 0 Å². The van der Waals surface area contributed by atoms with Crippen molar-refractivity contribution in [3.63, 3.8) is 0 Å². The van der Waals surface area contributed by atoms with Gasteiger partial charge in [0.15, 0.2) is 5.96 Å². The monoisotopic (exact) mass is 358 g/mol. The summed E-state index contributed by atoms with van der Waals surface area (Å²) in [5.74, 6) is 1.46. The van der Waals surface area contributed by atoms with Crippen LogP contribution in [-0.4, -0.2) is 45.4 Å². The Morgan fingerprint density at radius 1 is 1.15 bits per heavy atom. The van der Waals surface area contributed by atoms with E-state index in [0.29, 0.717) is 12.5 Å². The van der Waals surface area contributed by atoms with Gasteiger partial charge in [-0.1, -0.05) is 38.1 Å². The van der Waals surface area contributed by atoms with Crippen molar-refractivity contribution in [2.75, 3.05) is 44.3 Å². The van der Waals surface area contributed by atoms with Gasteiger partial charge in [0.25, 0.3) is 0 Å². The van der Waals surface area contributed by atoms with Gasteiger partial charge in [-0.2, -0.15) is 0 Å². The highest BCUT2D eigenvalue weighted by Crippen LogP contribution is 2.17. The Kier molecular flexibility index (Phi) is 9.04. The molecular formula is C21H34N4O. The Hall–Kier alpha value is -2.01. The molecule has 1 aliphatic rings. The molecule has 0 unspecified atom stereocenters. The number of hydrogen-bond acceptors (Lipinski definition) is 3. The fourth-order valence-corrected chi connectivity index (χ4v) is 2.71. The molecule has 26 heavy (non-hydrogen) atoms. The highest BCUT2D eigenvalue weighted by Gasteiger charge is 2.07. The average molecular weight is 359 g/mol. The summed E-state index contributed by atoms with van der Waals surface area (Å²) in [6.45, 7) is 12.5. The summed E-state index contributed by atoms with van der Waals surface area (Å²) in [5, 5.41) is 6.68. The first kappa shape index (κ1) is 20.3. The molecule has 0 aromatic heterocycles. The van der Waals surface area contributed by atoms with Crippen LogP contribution in [-0.2, 0) is 11.3 Å². The van der Waals surface area contributed by atoms with Crippen LogP contribution in [0.25, 0.3) is 0 Å². The molecule has 1 aliphatic heterocycles. The largest absolute Gasteiger partial charge is 0.381 e. The maximum Gasteiger partial charge on any atom is 0.191 e. The molecular weight excluding hydrogens is 324 g/mol. The second kappa shape index (κ2) is 11.6. The predicted molar refractivity (Wildman–Crippen MR) is 111 cm³/mol. The van der Waals surface area contributed by atoms with E-state index in [-0.39, 0.29) is 0 Å². The van der Waals surface area contributed by atoms with Gasteiger partial charge in [0.05, 0.1) is 6.54 Å². The smallest absolute Gasteiger partial charge is 0.191 e. The zero-order valence-electron chi connectivity index (χ0n) is 16.5. The molecule has 1 heterocycles. The molecule has 5 nitrogen and oxygen atoms in total. The molecule has 144 valence electrons. The number of guanidine groups is 1. The number of aliphatic imine (C=N–C) groups is 1. The van der Waals surface area contributed by atoms with Gasteiger partial charge < -0.3 is 20.3 Å². The van der Waals surface area contributed by atoms with Crippen LogP contribution in [0.4, 0.5) is 5.69 Å². The summed E-state index contributed by atoms with van der Waals surface area (Å²) in [6, 6.07) is 8.70. The second-order valence-corrected chi connectivity index (χ2v) is 6.99. The normalized spacial score (nSPS) is 14.3. The van der Waals surface area contributed by atoms with E-state index in [4.69, 9.17) is 4.74 Å². The third-order valence-corrected chi connectivity index (χ3v) is 4.09. The molecule has 0 amide bonds. The maximum absolute atomic E-state index is 5.61. The molecule has 1 aromatic rings.